The van der Waals surface area contributed by atoms with Crippen LogP contribution in [-0.2, 0) is 6.54 Å². The van der Waals surface area contributed by atoms with Gasteiger partial charge in [-0.3, -0.25) is 24.1 Å². The molecule has 1 aliphatic carbocycles. The Morgan fingerprint density at radius 2 is 1.82 bits per heavy atom. The number of nitrogens with zero attached hydrogens (tertiary/aromatic N) is 5. The van der Waals surface area contributed by atoms with Crippen molar-refractivity contribution >= 4 is 17.5 Å². The number of fused-ring (bicyclic) bond motifs is 1. The lowest BCUT2D eigenvalue weighted by Crippen LogP contribution is -2.48. The molecule has 2 amide bonds. The lowest BCUT2D eigenvalue weighted by atomic mass is 9.94. The van der Waals surface area contributed by atoms with Crippen LogP contribution in [-0.4, -0.2) is 70.7 Å². The summed E-state index contributed by atoms with van der Waals surface area (Å²) in [4.78, 5) is 32.6. The lowest BCUT2D eigenvalue weighted by Gasteiger charge is -2.38. The molecule has 7 nitrogen and oxygen atoms in total. The minimum atomic E-state index is -0.192. The van der Waals surface area contributed by atoms with E-state index in [1.807, 2.05) is 36.7 Å². The van der Waals surface area contributed by atoms with E-state index < -0.39 is 0 Å². The van der Waals surface area contributed by atoms with Gasteiger partial charge in [0.2, 0.25) is 0 Å². The molecule has 2 aromatic rings. The molecule has 0 radical (unpaired) electrons. The normalized spacial score (nSPS) is 21.2. The number of piperazine rings is 1. The molecule has 7 heteroatoms. The van der Waals surface area contributed by atoms with Gasteiger partial charge in [-0.05, 0) is 57.2 Å². The molecule has 3 aliphatic rings. The van der Waals surface area contributed by atoms with Crippen molar-refractivity contribution in [2.24, 2.45) is 5.92 Å². The first-order valence-electron chi connectivity index (χ1n) is 12.1. The van der Waals surface area contributed by atoms with Crippen LogP contribution >= 0.6 is 0 Å². The summed E-state index contributed by atoms with van der Waals surface area (Å²) in [6, 6.07) is 7.70. The Morgan fingerprint density at radius 3 is 2.52 bits per heavy atom. The van der Waals surface area contributed by atoms with E-state index >= 15 is 0 Å². The fourth-order valence-electron chi connectivity index (χ4n) is 5.44. The van der Waals surface area contributed by atoms with Crippen LogP contribution in [0.5, 0.6) is 0 Å². The smallest absolute Gasteiger partial charge is 0.263 e. The second-order valence-corrected chi connectivity index (χ2v) is 9.55. The molecule has 1 aromatic carbocycles. The van der Waals surface area contributed by atoms with Crippen LogP contribution in [0.1, 0.15) is 51.4 Å². The molecule has 0 saturated carbocycles. The van der Waals surface area contributed by atoms with Crippen molar-refractivity contribution < 1.29 is 9.59 Å². The highest BCUT2D eigenvalue weighted by molar-refractivity contribution is 6.23. The summed E-state index contributed by atoms with van der Waals surface area (Å²) in [5.74, 6) is 0.392. The molecule has 0 bridgehead atoms. The van der Waals surface area contributed by atoms with E-state index in [0.29, 0.717) is 24.2 Å². The van der Waals surface area contributed by atoms with Gasteiger partial charge in [0.15, 0.2) is 0 Å². The average Bonchev–Trinajstić information content (AvgIpc) is 3.28. The van der Waals surface area contributed by atoms with Gasteiger partial charge >= 0.3 is 0 Å². The lowest BCUT2D eigenvalue weighted by molar-refractivity contribution is 0.0647. The summed E-state index contributed by atoms with van der Waals surface area (Å²) in [5.41, 5.74) is 3.98. The van der Waals surface area contributed by atoms with Crippen LogP contribution in [0.2, 0.25) is 0 Å². The number of amides is 2. The Morgan fingerprint density at radius 1 is 1.00 bits per heavy atom. The number of rotatable bonds is 6. The third kappa shape index (κ3) is 4.34. The highest BCUT2D eigenvalue weighted by Crippen LogP contribution is 2.32. The van der Waals surface area contributed by atoms with Crippen LogP contribution in [0.15, 0.2) is 36.4 Å². The highest BCUT2D eigenvalue weighted by atomic mass is 16.2. The molecule has 33 heavy (non-hydrogen) atoms. The van der Waals surface area contributed by atoms with Crippen molar-refractivity contribution in [2.75, 3.05) is 44.2 Å². The molecule has 5 rings (SSSR count). The zero-order valence-electron chi connectivity index (χ0n) is 19.7. The minimum absolute atomic E-state index is 0.177. The fourth-order valence-corrected chi connectivity index (χ4v) is 5.44. The van der Waals surface area contributed by atoms with Gasteiger partial charge in [-0.25, -0.2) is 0 Å². The zero-order valence-corrected chi connectivity index (χ0v) is 19.7. The molecule has 3 heterocycles. The van der Waals surface area contributed by atoms with Gasteiger partial charge in [0, 0.05) is 45.0 Å². The van der Waals surface area contributed by atoms with E-state index in [2.05, 4.69) is 27.1 Å². The molecule has 1 aromatic heterocycles. The Labute approximate surface area is 195 Å². The van der Waals surface area contributed by atoms with Crippen LogP contribution in [0, 0.1) is 19.8 Å². The standard InChI is InChI=1S/C26H33N5O2/c1-19-17-20(2)31(27-19)16-15-30-25(32)22-9-6-10-23(24(22)26(30)33)29-13-11-28(12-14-29)18-21-7-4-3-5-8-21/h3-4,6,9-10,17,21H,5,7-8,11-16,18H2,1-2H3/t21-/m1/s1. The monoisotopic (exact) mass is 447 g/mol. The van der Waals surface area contributed by atoms with Gasteiger partial charge in [-0.2, -0.15) is 5.10 Å². The van der Waals surface area contributed by atoms with E-state index in [9.17, 15) is 9.59 Å². The summed E-state index contributed by atoms with van der Waals surface area (Å²) in [5, 5.41) is 4.46. The van der Waals surface area contributed by atoms with Gasteiger partial charge in [0.25, 0.3) is 11.8 Å². The number of aromatic nitrogens is 2. The van der Waals surface area contributed by atoms with E-state index in [1.165, 1.54) is 24.2 Å². The Balaban J connectivity index is 1.26. The molecule has 174 valence electrons. The first kappa shape index (κ1) is 21.9. The summed E-state index contributed by atoms with van der Waals surface area (Å²) >= 11 is 0. The minimum Gasteiger partial charge on any atom is -0.368 e. The second-order valence-electron chi connectivity index (χ2n) is 9.55. The van der Waals surface area contributed by atoms with E-state index in [1.54, 1.807) is 6.07 Å². The van der Waals surface area contributed by atoms with Gasteiger partial charge in [-0.1, -0.05) is 18.2 Å². The van der Waals surface area contributed by atoms with Crippen molar-refractivity contribution in [2.45, 2.75) is 39.7 Å². The van der Waals surface area contributed by atoms with E-state index in [-0.39, 0.29) is 11.8 Å². The number of carbonyl (C=O) groups is 2. The van der Waals surface area contributed by atoms with Crippen molar-refractivity contribution in [1.82, 2.24) is 19.6 Å². The second kappa shape index (κ2) is 9.14. The average molecular weight is 448 g/mol. The van der Waals surface area contributed by atoms with Crippen molar-refractivity contribution in [1.29, 1.82) is 0 Å². The Bertz CT molecular complexity index is 1080. The van der Waals surface area contributed by atoms with Crippen LogP contribution in [0.3, 0.4) is 0 Å². The van der Waals surface area contributed by atoms with Crippen molar-refractivity contribution in [3.8, 4) is 0 Å². The zero-order chi connectivity index (χ0) is 22.9. The van der Waals surface area contributed by atoms with Crippen molar-refractivity contribution in [3.05, 3.63) is 58.9 Å². The molecule has 2 aliphatic heterocycles. The van der Waals surface area contributed by atoms with Gasteiger partial charge < -0.3 is 4.90 Å². The van der Waals surface area contributed by atoms with Gasteiger partial charge in [-0.15, -0.1) is 0 Å². The van der Waals surface area contributed by atoms with E-state index in [4.69, 9.17) is 0 Å². The van der Waals surface area contributed by atoms with Crippen LogP contribution in [0.25, 0.3) is 0 Å². The quantitative estimate of drug-likeness (QED) is 0.502. The first-order chi connectivity index (χ1) is 16.0. The van der Waals surface area contributed by atoms with Gasteiger partial charge in [0.05, 0.1) is 29.1 Å². The third-order valence-corrected chi connectivity index (χ3v) is 7.22. The molecule has 1 saturated heterocycles. The third-order valence-electron chi connectivity index (χ3n) is 7.22. The molecular formula is C26H33N5O2. The molecule has 0 spiro atoms. The number of anilines is 1. The summed E-state index contributed by atoms with van der Waals surface area (Å²) < 4.78 is 1.86. The number of hydrogen-bond acceptors (Lipinski definition) is 5. The molecular weight excluding hydrogens is 414 g/mol. The van der Waals surface area contributed by atoms with Gasteiger partial charge in [0.1, 0.15) is 0 Å². The molecule has 0 N–H and O–H groups in total. The number of carbonyl (C=O) groups excluding carboxylic acids is 2. The number of allylic oxidation sites excluding steroid dienone is 2. The summed E-state index contributed by atoms with van der Waals surface area (Å²) in [7, 11) is 0. The number of hydrogen-bond donors (Lipinski definition) is 0. The molecule has 1 fully saturated rings. The maximum Gasteiger partial charge on any atom is 0.263 e. The predicted octanol–water partition coefficient (Wildman–Crippen LogP) is 3.27. The number of imide groups is 1. The topological polar surface area (TPSA) is 61.7 Å². The van der Waals surface area contributed by atoms with Crippen LogP contribution in [0.4, 0.5) is 5.69 Å². The Hall–Kier alpha value is -2.93. The summed E-state index contributed by atoms with van der Waals surface area (Å²) in [6.45, 7) is 9.68. The largest absolute Gasteiger partial charge is 0.368 e. The maximum absolute atomic E-state index is 13.3. The fraction of sp³-hybridized carbons (Fsp3) is 0.500. The Kier molecular flexibility index (Phi) is 6.06. The van der Waals surface area contributed by atoms with Crippen LogP contribution < -0.4 is 4.90 Å². The predicted molar refractivity (Wildman–Crippen MR) is 129 cm³/mol. The highest BCUT2D eigenvalue weighted by Gasteiger charge is 2.38. The SMILES string of the molecule is Cc1cc(C)n(CCN2C(=O)c3cccc(N4CCN(C[C@@H]5CC=CCC5)CC4)c3C2=O)n1. The number of aryl methyl sites for hydroxylation is 2. The first-order valence-corrected chi connectivity index (χ1v) is 12.1. The van der Waals surface area contributed by atoms with Crippen molar-refractivity contribution in [3.63, 3.8) is 0 Å². The maximum atomic E-state index is 13.3. The molecule has 0 unspecified atom stereocenters. The summed E-state index contributed by atoms with van der Waals surface area (Å²) in [6.07, 6.45) is 8.29. The molecule has 1 atom stereocenters. The van der Waals surface area contributed by atoms with E-state index in [0.717, 1.165) is 55.7 Å². The number of benzene rings is 1.